The lowest BCUT2D eigenvalue weighted by atomic mass is 10.1. The highest BCUT2D eigenvalue weighted by molar-refractivity contribution is 7.80. The number of anilines is 1. The summed E-state index contributed by atoms with van der Waals surface area (Å²) in [5.74, 6) is -1.64. The molecule has 32 heavy (non-hydrogen) atoms. The van der Waals surface area contributed by atoms with Gasteiger partial charge in [-0.05, 0) is 48.5 Å². The maximum Gasteiger partial charge on any atom is 0.337 e. The van der Waals surface area contributed by atoms with Crippen molar-refractivity contribution in [1.29, 1.82) is 0 Å². The van der Waals surface area contributed by atoms with Crippen LogP contribution in [0.25, 0.3) is 0 Å². The molecule has 0 radical (unpaired) electrons. The maximum absolute atomic E-state index is 12.6. The number of benzene rings is 2. The molecule has 4 N–H and O–H groups in total. The number of nitrogens with one attached hydrogen (secondary N) is 2. The number of carbonyl (C=O) groups is 3. The number of esters is 1. The van der Waals surface area contributed by atoms with Crippen LogP contribution in [0.1, 0.15) is 47.1 Å². The Bertz CT molecular complexity index is 1190. The Morgan fingerprint density at radius 3 is 2.41 bits per heavy atom. The van der Waals surface area contributed by atoms with Crippen molar-refractivity contribution < 1.29 is 19.1 Å². The van der Waals surface area contributed by atoms with Crippen LogP contribution in [0.2, 0.25) is 0 Å². The van der Waals surface area contributed by atoms with Gasteiger partial charge >= 0.3 is 5.97 Å². The molecule has 0 fully saturated rings. The van der Waals surface area contributed by atoms with Crippen molar-refractivity contribution in [2.24, 2.45) is 5.73 Å². The third-order valence-corrected chi connectivity index (χ3v) is 6.11. The van der Waals surface area contributed by atoms with Gasteiger partial charge in [-0.3, -0.25) is 14.9 Å². The molecule has 0 saturated carbocycles. The van der Waals surface area contributed by atoms with Gasteiger partial charge in [0.2, 0.25) is 0 Å². The van der Waals surface area contributed by atoms with Crippen LogP contribution in [0, 0.1) is 6.92 Å². The first-order chi connectivity index (χ1) is 15.3. The van der Waals surface area contributed by atoms with E-state index in [1.54, 1.807) is 18.2 Å². The van der Waals surface area contributed by atoms with E-state index in [2.05, 4.69) is 15.4 Å². The van der Waals surface area contributed by atoms with Crippen molar-refractivity contribution in [3.05, 3.63) is 87.3 Å². The molecule has 0 bridgehead atoms. The minimum atomic E-state index is -0.583. The molecule has 0 aliphatic carbocycles. The third-order valence-electron chi connectivity index (χ3n) is 4.70. The zero-order valence-corrected chi connectivity index (χ0v) is 19.1. The van der Waals surface area contributed by atoms with Crippen LogP contribution in [0.15, 0.2) is 54.6 Å². The molecule has 0 spiro atoms. The summed E-state index contributed by atoms with van der Waals surface area (Å²) in [5.41, 5.74) is 8.29. The summed E-state index contributed by atoms with van der Waals surface area (Å²) >= 11 is 6.63. The normalized spacial score (nSPS) is 10.3. The van der Waals surface area contributed by atoms with Gasteiger partial charge in [0.1, 0.15) is 5.00 Å². The monoisotopic (exact) mass is 467 g/mol. The van der Waals surface area contributed by atoms with Gasteiger partial charge in [-0.1, -0.05) is 36.4 Å². The molecule has 0 unspecified atom stereocenters. The van der Waals surface area contributed by atoms with E-state index in [0.717, 1.165) is 16.0 Å². The summed E-state index contributed by atoms with van der Waals surface area (Å²) in [4.78, 5) is 37.3. The van der Waals surface area contributed by atoms with Gasteiger partial charge in [0.15, 0.2) is 5.11 Å². The van der Waals surface area contributed by atoms with Crippen LogP contribution in [0.5, 0.6) is 0 Å². The van der Waals surface area contributed by atoms with E-state index < -0.39 is 17.8 Å². The number of thiophene rings is 1. The lowest BCUT2D eigenvalue weighted by Crippen LogP contribution is -2.34. The Morgan fingerprint density at radius 2 is 1.75 bits per heavy atom. The van der Waals surface area contributed by atoms with E-state index in [1.807, 2.05) is 37.3 Å². The van der Waals surface area contributed by atoms with Crippen LogP contribution in [0.4, 0.5) is 5.00 Å². The van der Waals surface area contributed by atoms with Crippen molar-refractivity contribution in [3.63, 3.8) is 0 Å². The molecule has 0 saturated heterocycles. The number of ether oxygens (including phenoxy) is 1. The Morgan fingerprint density at radius 1 is 1.06 bits per heavy atom. The van der Waals surface area contributed by atoms with Crippen molar-refractivity contribution in [1.82, 2.24) is 5.32 Å². The number of thiocarbonyl (C=S) groups is 1. The molecule has 164 valence electrons. The van der Waals surface area contributed by atoms with Crippen molar-refractivity contribution in [3.8, 4) is 0 Å². The smallest absolute Gasteiger partial charge is 0.337 e. The highest BCUT2D eigenvalue weighted by atomic mass is 32.1. The largest absolute Gasteiger partial charge is 0.465 e. The predicted molar refractivity (Wildman–Crippen MR) is 128 cm³/mol. The average Bonchev–Trinajstić information content (AvgIpc) is 3.08. The van der Waals surface area contributed by atoms with Crippen molar-refractivity contribution in [2.45, 2.75) is 13.3 Å². The van der Waals surface area contributed by atoms with E-state index in [9.17, 15) is 14.4 Å². The second-order valence-electron chi connectivity index (χ2n) is 6.86. The Balaban J connectivity index is 1.77. The summed E-state index contributed by atoms with van der Waals surface area (Å²) in [5, 5.41) is 5.95. The molecular weight excluding hydrogens is 446 g/mol. The average molecular weight is 468 g/mol. The first kappa shape index (κ1) is 23.1. The summed E-state index contributed by atoms with van der Waals surface area (Å²) in [7, 11) is 1.26. The zero-order valence-electron chi connectivity index (χ0n) is 17.4. The molecule has 0 atom stereocenters. The topological polar surface area (TPSA) is 111 Å². The number of primary amides is 1. The number of hydrogen-bond donors (Lipinski definition) is 3. The lowest BCUT2D eigenvalue weighted by molar-refractivity contribution is 0.0600. The first-order valence-electron chi connectivity index (χ1n) is 9.56. The third kappa shape index (κ3) is 5.37. The molecular formula is C23H21N3O4S2. The first-order valence-corrected chi connectivity index (χ1v) is 10.8. The van der Waals surface area contributed by atoms with E-state index in [-0.39, 0.29) is 16.2 Å². The summed E-state index contributed by atoms with van der Waals surface area (Å²) in [6, 6.07) is 15.9. The molecule has 3 aromatic rings. The highest BCUT2D eigenvalue weighted by Crippen LogP contribution is 2.34. The van der Waals surface area contributed by atoms with E-state index >= 15 is 0 Å². The fourth-order valence-electron chi connectivity index (χ4n) is 3.11. The van der Waals surface area contributed by atoms with Crippen LogP contribution in [-0.2, 0) is 11.2 Å². The van der Waals surface area contributed by atoms with Gasteiger partial charge in [0, 0.05) is 16.9 Å². The maximum atomic E-state index is 12.6. The number of amides is 2. The Kier molecular flexibility index (Phi) is 7.34. The van der Waals surface area contributed by atoms with E-state index in [0.29, 0.717) is 17.0 Å². The van der Waals surface area contributed by atoms with Crippen molar-refractivity contribution >= 4 is 51.5 Å². The molecule has 9 heteroatoms. The van der Waals surface area contributed by atoms with Crippen molar-refractivity contribution in [2.75, 3.05) is 12.4 Å². The number of carbonyl (C=O) groups excluding carboxylic acids is 3. The lowest BCUT2D eigenvalue weighted by Gasteiger charge is -2.10. The molecule has 2 aromatic carbocycles. The standard InChI is InChI=1S/C23H21N3O4S2/c1-13-17(11-14-7-4-3-5-8-14)32-21(18(13)19(24)27)26-23(31)25-20(28)15-9-6-10-16(12-15)22(29)30-2/h3-10,12H,11H2,1-2H3,(H2,24,27)(H2,25,26,28,31). The minimum Gasteiger partial charge on any atom is -0.465 e. The number of methoxy groups -OCH3 is 1. The summed E-state index contributed by atoms with van der Waals surface area (Å²) in [6.07, 6.45) is 0.638. The van der Waals surface area contributed by atoms with Crippen LogP contribution in [0.3, 0.4) is 0 Å². The molecule has 0 aliphatic heterocycles. The Hall–Kier alpha value is -3.56. The zero-order chi connectivity index (χ0) is 23.3. The minimum absolute atomic E-state index is 0.00785. The number of hydrogen-bond acceptors (Lipinski definition) is 6. The predicted octanol–water partition coefficient (Wildman–Crippen LogP) is 3.66. The molecule has 3 rings (SSSR count). The van der Waals surface area contributed by atoms with E-state index in [4.69, 9.17) is 18.0 Å². The SMILES string of the molecule is COC(=O)c1cccc(C(=O)NC(=S)Nc2sc(Cc3ccccc3)c(C)c2C(N)=O)c1. The van der Waals surface area contributed by atoms with Gasteiger partial charge in [0.25, 0.3) is 11.8 Å². The van der Waals surface area contributed by atoms with Gasteiger partial charge in [-0.25, -0.2) is 4.79 Å². The summed E-state index contributed by atoms with van der Waals surface area (Å²) < 4.78 is 4.67. The van der Waals surface area contributed by atoms with Gasteiger partial charge in [0.05, 0.1) is 18.2 Å². The number of rotatable bonds is 6. The molecule has 1 aromatic heterocycles. The Labute approximate surface area is 194 Å². The second-order valence-corrected chi connectivity index (χ2v) is 8.38. The van der Waals surface area contributed by atoms with E-state index in [1.165, 1.54) is 24.5 Å². The number of nitrogens with two attached hydrogens (primary N) is 1. The fraction of sp³-hybridized carbons (Fsp3) is 0.130. The van der Waals surface area contributed by atoms with Gasteiger partial charge in [-0.2, -0.15) is 0 Å². The van der Waals surface area contributed by atoms with Crippen LogP contribution in [-0.4, -0.2) is 30.0 Å². The quantitative estimate of drug-likeness (QED) is 0.377. The molecule has 7 nitrogen and oxygen atoms in total. The molecule has 1 heterocycles. The molecule has 2 amide bonds. The van der Waals surface area contributed by atoms with Crippen LogP contribution >= 0.6 is 23.6 Å². The fourth-order valence-corrected chi connectivity index (χ4v) is 4.62. The van der Waals surface area contributed by atoms with Gasteiger partial charge < -0.3 is 15.8 Å². The highest BCUT2D eigenvalue weighted by Gasteiger charge is 2.21. The molecule has 0 aliphatic rings. The van der Waals surface area contributed by atoms with Gasteiger partial charge in [-0.15, -0.1) is 11.3 Å². The summed E-state index contributed by atoms with van der Waals surface area (Å²) in [6.45, 7) is 1.83. The second kappa shape index (κ2) is 10.2. The van der Waals surface area contributed by atoms with Crippen LogP contribution < -0.4 is 16.4 Å².